The molecule has 1 aromatic carbocycles. The summed E-state index contributed by atoms with van der Waals surface area (Å²) in [7, 11) is 0. The lowest BCUT2D eigenvalue weighted by Crippen LogP contribution is -2.44. The molecule has 1 heterocycles. The number of hydrogen-bond donors (Lipinski definition) is 3. The molecule has 2 rings (SSSR count). The molecule has 0 bridgehead atoms. The summed E-state index contributed by atoms with van der Waals surface area (Å²) >= 11 is 0. The molecule has 0 spiro atoms. The predicted molar refractivity (Wildman–Crippen MR) is 82.3 cm³/mol. The van der Waals surface area contributed by atoms with Crippen molar-refractivity contribution in [3.63, 3.8) is 0 Å². The number of nitrogens with one attached hydrogen (secondary N) is 1. The summed E-state index contributed by atoms with van der Waals surface area (Å²) in [6, 6.07) is 7.14. The molecule has 0 amide bonds. The number of para-hydroxylation sites is 1. The Hall–Kier alpha value is -1.14. The first-order valence-electron chi connectivity index (χ1n) is 7.68. The van der Waals surface area contributed by atoms with Crippen LogP contribution < -0.4 is 5.32 Å². The molecular formula is C16H26N2O3. The summed E-state index contributed by atoms with van der Waals surface area (Å²) < 4.78 is 5.71. The maximum atomic E-state index is 10.4. The lowest BCUT2D eigenvalue weighted by Gasteiger charge is -2.24. The van der Waals surface area contributed by atoms with Gasteiger partial charge in [0.2, 0.25) is 0 Å². The minimum absolute atomic E-state index is 0.0924. The zero-order valence-electron chi connectivity index (χ0n) is 12.8. The first-order chi connectivity index (χ1) is 10.2. The number of ether oxygens (including phenoxy) is 1. The summed E-state index contributed by atoms with van der Waals surface area (Å²) in [5, 5.41) is 23.4. The lowest BCUT2D eigenvalue weighted by molar-refractivity contribution is 0.0170. The van der Waals surface area contributed by atoms with Crippen LogP contribution in [0.2, 0.25) is 0 Å². The van der Waals surface area contributed by atoms with Gasteiger partial charge in [-0.2, -0.15) is 0 Å². The van der Waals surface area contributed by atoms with E-state index in [2.05, 4.69) is 24.1 Å². The minimum atomic E-state index is -0.517. The highest BCUT2D eigenvalue weighted by atomic mass is 16.5. The fourth-order valence-electron chi connectivity index (χ4n) is 2.66. The van der Waals surface area contributed by atoms with E-state index in [9.17, 15) is 10.2 Å². The lowest BCUT2D eigenvalue weighted by atomic mass is 10.1. The summed E-state index contributed by atoms with van der Waals surface area (Å²) in [6.45, 7) is 7.91. The maximum absolute atomic E-state index is 10.4. The Balaban J connectivity index is 1.84. The zero-order valence-corrected chi connectivity index (χ0v) is 12.8. The van der Waals surface area contributed by atoms with Gasteiger partial charge >= 0.3 is 0 Å². The monoisotopic (exact) mass is 294 g/mol. The second-order valence-electron chi connectivity index (χ2n) is 5.46. The number of likely N-dealkylation sites (N-methyl/N-ethyl adjacent to an activating group) is 1. The van der Waals surface area contributed by atoms with Gasteiger partial charge in [0, 0.05) is 18.7 Å². The van der Waals surface area contributed by atoms with Crippen molar-refractivity contribution in [1.29, 1.82) is 0 Å². The molecule has 1 saturated heterocycles. The molecule has 21 heavy (non-hydrogen) atoms. The topological polar surface area (TPSA) is 65.0 Å². The Labute approximate surface area is 126 Å². The summed E-state index contributed by atoms with van der Waals surface area (Å²) in [4.78, 5) is 2.25. The van der Waals surface area contributed by atoms with E-state index in [1.165, 1.54) is 0 Å². The Morgan fingerprint density at radius 3 is 2.67 bits per heavy atom. The zero-order chi connectivity index (χ0) is 15.2. The second-order valence-corrected chi connectivity index (χ2v) is 5.46. The van der Waals surface area contributed by atoms with Crippen molar-refractivity contribution in [2.45, 2.75) is 38.6 Å². The summed E-state index contributed by atoms with van der Waals surface area (Å²) in [5.74, 6) is 0.276. The van der Waals surface area contributed by atoms with E-state index in [4.69, 9.17) is 4.74 Å². The van der Waals surface area contributed by atoms with Crippen LogP contribution in [-0.4, -0.2) is 59.6 Å². The van der Waals surface area contributed by atoms with E-state index < -0.39 is 6.10 Å². The molecule has 3 N–H and O–H groups in total. The molecule has 1 aromatic rings. The minimum Gasteiger partial charge on any atom is -0.508 e. The quantitative estimate of drug-likeness (QED) is 0.699. The summed E-state index contributed by atoms with van der Waals surface area (Å²) in [6.07, 6.45) is -0.664. The predicted octanol–water partition coefficient (Wildman–Crippen LogP) is 0.952. The molecule has 0 radical (unpaired) electrons. The molecule has 0 aliphatic carbocycles. The SMILES string of the molecule is CCN(CC)CC1OCC(NCc2ccccc2O)C1O. The van der Waals surface area contributed by atoms with E-state index in [0.717, 1.165) is 25.2 Å². The molecule has 0 aromatic heterocycles. The molecule has 118 valence electrons. The molecule has 5 heteroatoms. The number of nitrogens with zero attached hydrogens (tertiary/aromatic N) is 1. The van der Waals surface area contributed by atoms with Crippen LogP contribution in [0.4, 0.5) is 0 Å². The number of phenolic OH excluding ortho intramolecular Hbond substituents is 1. The van der Waals surface area contributed by atoms with E-state index in [1.807, 2.05) is 12.1 Å². The Bertz CT molecular complexity index is 437. The van der Waals surface area contributed by atoms with Crippen LogP contribution in [0.25, 0.3) is 0 Å². The third-order valence-electron chi connectivity index (χ3n) is 4.16. The van der Waals surface area contributed by atoms with Gasteiger partial charge < -0.3 is 25.2 Å². The highest BCUT2D eigenvalue weighted by molar-refractivity contribution is 5.31. The largest absolute Gasteiger partial charge is 0.508 e. The molecule has 3 atom stereocenters. The van der Waals surface area contributed by atoms with Crippen molar-refractivity contribution in [1.82, 2.24) is 10.2 Å². The molecule has 1 aliphatic heterocycles. The van der Waals surface area contributed by atoms with Crippen LogP contribution in [0.5, 0.6) is 5.75 Å². The third kappa shape index (κ3) is 4.17. The third-order valence-corrected chi connectivity index (χ3v) is 4.16. The van der Waals surface area contributed by atoms with Gasteiger partial charge in [0.25, 0.3) is 0 Å². The normalized spacial score (nSPS) is 25.6. The summed E-state index contributed by atoms with van der Waals surface area (Å²) in [5.41, 5.74) is 0.830. The van der Waals surface area contributed by atoms with Crippen LogP contribution in [-0.2, 0) is 11.3 Å². The van der Waals surface area contributed by atoms with Crippen LogP contribution in [0.3, 0.4) is 0 Å². The molecule has 1 fully saturated rings. The van der Waals surface area contributed by atoms with Gasteiger partial charge in [0.05, 0.1) is 24.9 Å². The van der Waals surface area contributed by atoms with Crippen LogP contribution in [0.15, 0.2) is 24.3 Å². The van der Waals surface area contributed by atoms with Gasteiger partial charge in [-0.25, -0.2) is 0 Å². The fourth-order valence-corrected chi connectivity index (χ4v) is 2.66. The van der Waals surface area contributed by atoms with Gasteiger partial charge in [0.1, 0.15) is 5.75 Å². The highest BCUT2D eigenvalue weighted by Gasteiger charge is 2.36. The van der Waals surface area contributed by atoms with E-state index in [-0.39, 0.29) is 17.9 Å². The van der Waals surface area contributed by atoms with Crippen molar-refractivity contribution < 1.29 is 14.9 Å². The smallest absolute Gasteiger partial charge is 0.120 e. The first kappa shape index (κ1) is 16.2. The van der Waals surface area contributed by atoms with Crippen LogP contribution >= 0.6 is 0 Å². The Kier molecular flexibility index (Phi) is 5.99. The maximum Gasteiger partial charge on any atom is 0.120 e. The van der Waals surface area contributed by atoms with Crippen LogP contribution in [0, 0.1) is 0 Å². The van der Waals surface area contributed by atoms with Gasteiger partial charge in [-0.1, -0.05) is 32.0 Å². The fraction of sp³-hybridized carbons (Fsp3) is 0.625. The van der Waals surface area contributed by atoms with Crippen LogP contribution in [0.1, 0.15) is 19.4 Å². The van der Waals surface area contributed by atoms with Gasteiger partial charge in [0.15, 0.2) is 0 Å². The van der Waals surface area contributed by atoms with Crippen molar-refractivity contribution in [2.24, 2.45) is 0 Å². The number of aliphatic hydroxyl groups excluding tert-OH is 1. The molecule has 1 aliphatic rings. The van der Waals surface area contributed by atoms with E-state index >= 15 is 0 Å². The molecule has 3 unspecified atom stereocenters. The molecular weight excluding hydrogens is 268 g/mol. The van der Waals surface area contributed by atoms with Crippen molar-refractivity contribution >= 4 is 0 Å². The molecule has 5 nitrogen and oxygen atoms in total. The number of aliphatic hydroxyl groups is 1. The van der Waals surface area contributed by atoms with Crippen molar-refractivity contribution in [2.75, 3.05) is 26.2 Å². The number of phenols is 1. The van der Waals surface area contributed by atoms with Gasteiger partial charge in [-0.05, 0) is 19.2 Å². The van der Waals surface area contributed by atoms with Crippen molar-refractivity contribution in [3.8, 4) is 5.75 Å². The number of hydrogen-bond acceptors (Lipinski definition) is 5. The number of benzene rings is 1. The van der Waals surface area contributed by atoms with Gasteiger partial charge in [-0.3, -0.25) is 0 Å². The number of aromatic hydroxyl groups is 1. The first-order valence-corrected chi connectivity index (χ1v) is 7.68. The van der Waals surface area contributed by atoms with E-state index in [0.29, 0.717) is 13.2 Å². The van der Waals surface area contributed by atoms with Gasteiger partial charge in [-0.15, -0.1) is 0 Å². The Morgan fingerprint density at radius 2 is 2.00 bits per heavy atom. The second kappa shape index (κ2) is 7.75. The van der Waals surface area contributed by atoms with E-state index in [1.54, 1.807) is 12.1 Å². The van der Waals surface area contributed by atoms with Crippen molar-refractivity contribution in [3.05, 3.63) is 29.8 Å². The average Bonchev–Trinajstić information content (AvgIpc) is 2.84. The highest BCUT2D eigenvalue weighted by Crippen LogP contribution is 2.19. The molecule has 0 saturated carbocycles. The average molecular weight is 294 g/mol. The standard InChI is InChI=1S/C16H26N2O3/c1-3-18(4-2)10-15-16(20)13(11-21-15)17-9-12-7-5-6-8-14(12)19/h5-8,13,15-17,19-20H,3-4,9-11H2,1-2H3. The Morgan fingerprint density at radius 1 is 1.29 bits per heavy atom. The number of rotatable bonds is 7.